The van der Waals surface area contributed by atoms with Gasteiger partial charge in [-0.15, -0.1) is 0 Å². The minimum Gasteiger partial charge on any atom is -0.462 e. The number of phosphoric acid groups is 1. The Balaban J connectivity index is 3.80. The zero-order valence-electron chi connectivity index (χ0n) is 51.3. The minimum absolute atomic E-state index is 0.0504. The smallest absolute Gasteiger partial charge is 0.462 e. The molecular weight excluding hydrogens is 1000 g/mol. The standard InChI is InChI=1S/C69H124NO8P/c1-3-5-7-9-11-13-15-17-19-21-23-24-25-26-27-28-29-30-31-32-33-34-35-36-37-38-39-40-41-42-44-46-48-50-52-54-56-58-60-62-69(72)78-67(66-77-79(73,74)76-64-63-70)65-75-68(71)61-59-57-55-53-51-49-47-45-43-22-20-18-16-14-12-10-8-6-4-2/h5,7,11-14,17-20,23-24,43,45,67H,3-4,6,8-10,15-16,21-22,25-42,44,46-66,70H2,1-2H3,(H,73,74)/b7-5-,13-11-,14-12-,19-17-,20-18-,24-23-,45-43-. The predicted molar refractivity (Wildman–Crippen MR) is 339 cm³/mol. The normalized spacial score (nSPS) is 13.5. The van der Waals surface area contributed by atoms with E-state index in [4.69, 9.17) is 24.3 Å². The zero-order valence-corrected chi connectivity index (χ0v) is 52.2. The molecule has 0 saturated carbocycles. The summed E-state index contributed by atoms with van der Waals surface area (Å²) in [6.07, 6.45) is 85.4. The van der Waals surface area contributed by atoms with E-state index in [1.165, 1.54) is 193 Å². The first kappa shape index (κ1) is 76.2. The SMILES string of the molecule is CC/C=C\C/C=C\C/C=C\C/C=C\CCCCCCCCCCCCCCCCCCCCCCCCCCCCC(=O)OC(COC(=O)CCCCCCCC/C=C\C/C=C\C/C=C\CCCCC)COP(=O)(O)OCCN. The van der Waals surface area contributed by atoms with Gasteiger partial charge >= 0.3 is 19.8 Å². The molecule has 0 spiro atoms. The zero-order chi connectivity index (χ0) is 57.3. The highest BCUT2D eigenvalue weighted by molar-refractivity contribution is 7.47. The van der Waals surface area contributed by atoms with Gasteiger partial charge in [0, 0.05) is 19.4 Å². The van der Waals surface area contributed by atoms with E-state index in [9.17, 15) is 19.0 Å². The Hall–Kier alpha value is -2.81. The van der Waals surface area contributed by atoms with E-state index < -0.39 is 26.5 Å². The van der Waals surface area contributed by atoms with E-state index in [0.29, 0.717) is 6.42 Å². The maximum atomic E-state index is 12.7. The lowest BCUT2D eigenvalue weighted by Crippen LogP contribution is -2.29. The third-order valence-electron chi connectivity index (χ3n) is 14.3. The molecule has 79 heavy (non-hydrogen) atoms. The van der Waals surface area contributed by atoms with E-state index in [1.54, 1.807) is 0 Å². The number of nitrogens with two attached hydrogens (primary N) is 1. The predicted octanol–water partition coefficient (Wildman–Crippen LogP) is 21.4. The van der Waals surface area contributed by atoms with Gasteiger partial charge in [-0.05, 0) is 89.9 Å². The first-order valence-electron chi connectivity index (χ1n) is 33.1. The summed E-state index contributed by atoms with van der Waals surface area (Å²) in [4.78, 5) is 35.2. The maximum Gasteiger partial charge on any atom is 0.472 e. The molecule has 0 amide bonds. The summed E-state index contributed by atoms with van der Waals surface area (Å²) in [7, 11) is -4.39. The molecule has 0 aromatic carbocycles. The molecule has 0 heterocycles. The second kappa shape index (κ2) is 64.4. The molecule has 0 aliphatic rings. The Morgan fingerprint density at radius 1 is 0.392 bits per heavy atom. The number of carbonyl (C=O) groups excluding carboxylic acids is 2. The van der Waals surface area contributed by atoms with Crippen LogP contribution in [0.3, 0.4) is 0 Å². The fourth-order valence-corrected chi connectivity index (χ4v) is 10.2. The Labute approximate surface area is 487 Å². The van der Waals surface area contributed by atoms with Gasteiger partial charge in [0.25, 0.3) is 0 Å². The minimum atomic E-state index is -4.39. The van der Waals surface area contributed by atoms with Crippen molar-refractivity contribution in [3.05, 3.63) is 85.1 Å². The molecular formula is C69H124NO8P. The van der Waals surface area contributed by atoms with Crippen molar-refractivity contribution >= 4 is 19.8 Å². The number of hydrogen-bond donors (Lipinski definition) is 2. The second-order valence-electron chi connectivity index (χ2n) is 22.0. The monoisotopic (exact) mass is 1130 g/mol. The largest absolute Gasteiger partial charge is 0.472 e. The molecule has 0 fully saturated rings. The molecule has 0 aliphatic heterocycles. The summed E-state index contributed by atoms with van der Waals surface area (Å²) < 4.78 is 33.1. The van der Waals surface area contributed by atoms with Crippen LogP contribution in [-0.2, 0) is 32.7 Å². The van der Waals surface area contributed by atoms with E-state index >= 15 is 0 Å². The summed E-state index contributed by atoms with van der Waals surface area (Å²) in [6, 6.07) is 0. The first-order chi connectivity index (χ1) is 38.8. The van der Waals surface area contributed by atoms with Crippen LogP contribution in [0.5, 0.6) is 0 Å². The lowest BCUT2D eigenvalue weighted by atomic mass is 10.0. The van der Waals surface area contributed by atoms with Gasteiger partial charge in [0.15, 0.2) is 6.10 Å². The Morgan fingerprint density at radius 3 is 1.04 bits per heavy atom. The van der Waals surface area contributed by atoms with Crippen LogP contribution in [0.1, 0.15) is 309 Å². The lowest BCUT2D eigenvalue weighted by molar-refractivity contribution is -0.161. The van der Waals surface area contributed by atoms with E-state index in [0.717, 1.165) is 83.5 Å². The summed E-state index contributed by atoms with van der Waals surface area (Å²) in [5.74, 6) is -0.832. The van der Waals surface area contributed by atoms with Crippen molar-refractivity contribution in [2.75, 3.05) is 26.4 Å². The van der Waals surface area contributed by atoms with Crippen molar-refractivity contribution in [1.82, 2.24) is 0 Å². The van der Waals surface area contributed by atoms with E-state index in [-0.39, 0.29) is 38.6 Å². The van der Waals surface area contributed by atoms with Gasteiger partial charge in [-0.1, -0.05) is 292 Å². The molecule has 2 unspecified atom stereocenters. The molecule has 0 saturated heterocycles. The molecule has 0 rings (SSSR count). The van der Waals surface area contributed by atoms with Crippen molar-refractivity contribution in [1.29, 1.82) is 0 Å². The van der Waals surface area contributed by atoms with Crippen LogP contribution in [-0.4, -0.2) is 49.3 Å². The maximum absolute atomic E-state index is 12.7. The van der Waals surface area contributed by atoms with Gasteiger partial charge in [0.2, 0.25) is 0 Å². The Morgan fingerprint density at radius 2 is 0.696 bits per heavy atom. The van der Waals surface area contributed by atoms with Crippen LogP contribution in [0.25, 0.3) is 0 Å². The van der Waals surface area contributed by atoms with Gasteiger partial charge < -0.3 is 20.1 Å². The highest BCUT2D eigenvalue weighted by Gasteiger charge is 2.26. The molecule has 0 bridgehead atoms. The average Bonchev–Trinajstić information content (AvgIpc) is 3.44. The summed E-state index contributed by atoms with van der Waals surface area (Å²) >= 11 is 0. The van der Waals surface area contributed by atoms with Gasteiger partial charge in [-0.25, -0.2) is 4.57 Å². The Kier molecular flexibility index (Phi) is 62.1. The summed E-state index contributed by atoms with van der Waals surface area (Å²) in [6.45, 7) is 3.62. The second-order valence-corrected chi connectivity index (χ2v) is 23.4. The van der Waals surface area contributed by atoms with Gasteiger partial charge in [-0.3, -0.25) is 18.6 Å². The number of allylic oxidation sites excluding steroid dienone is 14. The number of carbonyl (C=O) groups is 2. The molecule has 0 radical (unpaired) electrons. The molecule has 458 valence electrons. The highest BCUT2D eigenvalue weighted by atomic mass is 31.2. The fraction of sp³-hybridized carbons (Fsp3) is 0.768. The van der Waals surface area contributed by atoms with Crippen molar-refractivity contribution < 1.29 is 37.6 Å². The molecule has 9 nitrogen and oxygen atoms in total. The van der Waals surface area contributed by atoms with Crippen molar-refractivity contribution in [3.63, 3.8) is 0 Å². The molecule has 3 N–H and O–H groups in total. The number of unbranched alkanes of at least 4 members (excludes halogenated alkanes) is 35. The summed E-state index contributed by atoms with van der Waals surface area (Å²) in [5.41, 5.74) is 5.39. The third kappa shape index (κ3) is 64.2. The van der Waals surface area contributed by atoms with Gasteiger partial charge in [0.1, 0.15) is 6.61 Å². The van der Waals surface area contributed by atoms with Crippen LogP contribution in [0.4, 0.5) is 0 Å². The first-order valence-corrected chi connectivity index (χ1v) is 34.6. The molecule has 0 aromatic heterocycles. The van der Waals surface area contributed by atoms with Crippen LogP contribution in [0.2, 0.25) is 0 Å². The molecule has 10 heteroatoms. The average molecular weight is 1130 g/mol. The number of phosphoric ester groups is 1. The van der Waals surface area contributed by atoms with Crippen LogP contribution in [0, 0.1) is 0 Å². The third-order valence-corrected chi connectivity index (χ3v) is 15.2. The van der Waals surface area contributed by atoms with Gasteiger partial charge in [-0.2, -0.15) is 0 Å². The molecule has 0 aliphatic carbocycles. The van der Waals surface area contributed by atoms with Gasteiger partial charge in [0.05, 0.1) is 13.2 Å². The lowest BCUT2D eigenvalue weighted by Gasteiger charge is -2.19. The quantitative estimate of drug-likeness (QED) is 0.0264. The van der Waals surface area contributed by atoms with E-state index in [2.05, 4.69) is 98.9 Å². The summed E-state index contributed by atoms with van der Waals surface area (Å²) in [5, 5.41) is 0. The molecule has 2 atom stereocenters. The Bertz CT molecular complexity index is 1570. The number of esters is 2. The van der Waals surface area contributed by atoms with Crippen LogP contribution in [0.15, 0.2) is 85.1 Å². The number of ether oxygens (including phenoxy) is 2. The van der Waals surface area contributed by atoms with E-state index in [1.807, 2.05) is 0 Å². The van der Waals surface area contributed by atoms with Crippen LogP contribution >= 0.6 is 7.82 Å². The van der Waals surface area contributed by atoms with Crippen molar-refractivity contribution in [2.24, 2.45) is 5.73 Å². The van der Waals surface area contributed by atoms with Crippen molar-refractivity contribution in [2.45, 2.75) is 315 Å². The van der Waals surface area contributed by atoms with Crippen LogP contribution < -0.4 is 5.73 Å². The molecule has 0 aromatic rings. The topological polar surface area (TPSA) is 134 Å². The fourth-order valence-electron chi connectivity index (χ4n) is 9.40. The number of rotatable bonds is 62. The highest BCUT2D eigenvalue weighted by Crippen LogP contribution is 2.43. The van der Waals surface area contributed by atoms with Crippen molar-refractivity contribution in [3.8, 4) is 0 Å². The number of hydrogen-bond acceptors (Lipinski definition) is 8.